The predicted octanol–water partition coefficient (Wildman–Crippen LogP) is -2.22. The molecule has 0 radical (unpaired) electrons. The Kier molecular flexibility index (Phi) is 14.4. The third-order valence-corrected chi connectivity index (χ3v) is 3.03. The monoisotopic (exact) mass is 352 g/mol. The molecule has 0 spiro atoms. The highest BCUT2D eigenvalue weighted by atomic mass is 16.5. The molecule has 0 aromatic carbocycles. The van der Waals surface area contributed by atoms with Crippen molar-refractivity contribution in [2.45, 2.75) is 0 Å². The molecule has 10 nitrogen and oxygen atoms in total. The predicted molar refractivity (Wildman–Crippen MR) is 84.0 cm³/mol. The van der Waals surface area contributed by atoms with Gasteiger partial charge in [0.1, 0.15) is 0 Å². The summed E-state index contributed by atoms with van der Waals surface area (Å²) in [4.78, 5) is 24.4. The molecule has 0 aromatic heterocycles. The number of carbonyl (C=O) groups is 2. The van der Waals surface area contributed by atoms with E-state index in [4.69, 9.17) is 29.9 Å². The summed E-state index contributed by atoms with van der Waals surface area (Å²) in [7, 11) is 0. The topological polar surface area (TPSA) is 140 Å². The maximum absolute atomic E-state index is 10.6. The van der Waals surface area contributed by atoms with Gasteiger partial charge in [-0.2, -0.15) is 0 Å². The lowest BCUT2D eigenvalue weighted by molar-refractivity contribution is -0.139. The van der Waals surface area contributed by atoms with E-state index in [0.29, 0.717) is 39.5 Å². The van der Waals surface area contributed by atoms with Crippen molar-refractivity contribution in [3.8, 4) is 0 Å². The maximum atomic E-state index is 10.6. The SMILES string of the molecule is O=C(O)CN(CCO)CCOCCOCCN(CCO)CC(=O)O. The summed E-state index contributed by atoms with van der Waals surface area (Å²) in [5.74, 6) is -1.92. The first kappa shape index (κ1) is 22.7. The number of rotatable bonds is 17. The third-order valence-electron chi connectivity index (χ3n) is 3.03. The number of aliphatic hydroxyl groups excluding tert-OH is 2. The maximum Gasteiger partial charge on any atom is 0.317 e. The van der Waals surface area contributed by atoms with Crippen LogP contribution in [-0.4, -0.2) is 121 Å². The Morgan fingerprint density at radius 2 is 1.04 bits per heavy atom. The molecular weight excluding hydrogens is 324 g/mol. The van der Waals surface area contributed by atoms with Crippen LogP contribution in [0.3, 0.4) is 0 Å². The molecule has 24 heavy (non-hydrogen) atoms. The summed E-state index contributed by atoms with van der Waals surface area (Å²) in [6.07, 6.45) is 0. The number of carboxylic acid groups (broad SMARTS) is 2. The van der Waals surface area contributed by atoms with Crippen LogP contribution in [-0.2, 0) is 19.1 Å². The van der Waals surface area contributed by atoms with Gasteiger partial charge in [0.25, 0.3) is 0 Å². The van der Waals surface area contributed by atoms with Crippen molar-refractivity contribution in [3.05, 3.63) is 0 Å². The van der Waals surface area contributed by atoms with Crippen LogP contribution in [0, 0.1) is 0 Å². The van der Waals surface area contributed by atoms with E-state index in [1.807, 2.05) is 0 Å². The van der Waals surface area contributed by atoms with Crippen molar-refractivity contribution in [2.24, 2.45) is 0 Å². The lowest BCUT2D eigenvalue weighted by atomic mass is 10.4. The van der Waals surface area contributed by atoms with Crippen LogP contribution in [0.2, 0.25) is 0 Å². The fourth-order valence-corrected chi connectivity index (χ4v) is 1.91. The first-order valence-corrected chi connectivity index (χ1v) is 7.75. The molecule has 0 aliphatic heterocycles. The molecule has 0 saturated carbocycles. The van der Waals surface area contributed by atoms with Gasteiger partial charge in [0, 0.05) is 26.2 Å². The second-order valence-electron chi connectivity index (χ2n) is 5.01. The Hall–Kier alpha value is -1.30. The van der Waals surface area contributed by atoms with Crippen molar-refractivity contribution in [2.75, 3.05) is 78.9 Å². The molecule has 0 fully saturated rings. The van der Waals surface area contributed by atoms with Crippen LogP contribution in [0.15, 0.2) is 0 Å². The summed E-state index contributed by atoms with van der Waals surface area (Å²) in [5.41, 5.74) is 0. The highest BCUT2D eigenvalue weighted by molar-refractivity contribution is 5.69. The minimum Gasteiger partial charge on any atom is -0.480 e. The van der Waals surface area contributed by atoms with E-state index in [-0.39, 0.29) is 39.4 Å². The highest BCUT2D eigenvalue weighted by Crippen LogP contribution is 1.91. The average Bonchev–Trinajstić information content (AvgIpc) is 2.49. The number of aliphatic carboxylic acids is 2. The minimum absolute atomic E-state index is 0.114. The molecule has 0 heterocycles. The Morgan fingerprint density at radius 1 is 0.667 bits per heavy atom. The molecule has 10 heteroatoms. The zero-order valence-electron chi connectivity index (χ0n) is 13.8. The van der Waals surface area contributed by atoms with Crippen LogP contribution >= 0.6 is 0 Å². The van der Waals surface area contributed by atoms with Crippen molar-refractivity contribution in [1.29, 1.82) is 0 Å². The number of carboxylic acids is 2. The molecular formula is C14H28N2O8. The average molecular weight is 352 g/mol. The van der Waals surface area contributed by atoms with Gasteiger partial charge in [-0.25, -0.2) is 0 Å². The Morgan fingerprint density at radius 3 is 1.33 bits per heavy atom. The van der Waals surface area contributed by atoms with Gasteiger partial charge in [-0.1, -0.05) is 0 Å². The van der Waals surface area contributed by atoms with Crippen LogP contribution in [0.4, 0.5) is 0 Å². The van der Waals surface area contributed by atoms with Crippen molar-refractivity contribution >= 4 is 11.9 Å². The minimum atomic E-state index is -0.958. The lowest BCUT2D eigenvalue weighted by Crippen LogP contribution is -2.35. The molecule has 0 aliphatic carbocycles. The van der Waals surface area contributed by atoms with Gasteiger partial charge in [-0.05, 0) is 0 Å². The fraction of sp³-hybridized carbons (Fsp3) is 0.857. The first-order chi connectivity index (χ1) is 11.5. The fourth-order valence-electron chi connectivity index (χ4n) is 1.91. The van der Waals surface area contributed by atoms with Crippen LogP contribution in [0.1, 0.15) is 0 Å². The number of nitrogens with zero attached hydrogens (tertiary/aromatic N) is 2. The number of hydrogen-bond donors (Lipinski definition) is 4. The summed E-state index contributed by atoms with van der Waals surface area (Å²) >= 11 is 0. The molecule has 4 N–H and O–H groups in total. The molecule has 0 aromatic rings. The number of ether oxygens (including phenoxy) is 2. The summed E-state index contributed by atoms with van der Waals surface area (Å²) in [6, 6.07) is 0. The third kappa shape index (κ3) is 14.3. The molecule has 0 bridgehead atoms. The van der Waals surface area contributed by atoms with E-state index >= 15 is 0 Å². The second kappa shape index (κ2) is 15.2. The first-order valence-electron chi connectivity index (χ1n) is 7.75. The zero-order valence-corrected chi connectivity index (χ0v) is 13.8. The molecule has 0 saturated heterocycles. The standard InChI is InChI=1S/C14H28N2O8/c17-5-1-15(11-13(19)20)3-7-23-9-10-24-8-4-16(2-6-18)12-14(21)22/h17-18H,1-12H2,(H,19,20)(H,21,22). The smallest absolute Gasteiger partial charge is 0.317 e. The van der Waals surface area contributed by atoms with Gasteiger partial charge in [0.15, 0.2) is 0 Å². The quantitative estimate of drug-likeness (QED) is 0.213. The van der Waals surface area contributed by atoms with Crippen LogP contribution in [0.5, 0.6) is 0 Å². The lowest BCUT2D eigenvalue weighted by Gasteiger charge is -2.19. The summed E-state index contributed by atoms with van der Waals surface area (Å²) in [6.45, 7) is 2.14. The number of hydrogen-bond acceptors (Lipinski definition) is 8. The molecule has 0 atom stereocenters. The van der Waals surface area contributed by atoms with E-state index in [1.165, 1.54) is 0 Å². The largest absolute Gasteiger partial charge is 0.480 e. The Labute approximate surface area is 141 Å². The van der Waals surface area contributed by atoms with Crippen LogP contribution < -0.4 is 0 Å². The normalized spacial score (nSPS) is 11.3. The van der Waals surface area contributed by atoms with E-state index in [1.54, 1.807) is 9.80 Å². The molecule has 0 rings (SSSR count). The zero-order chi connectivity index (χ0) is 18.2. The van der Waals surface area contributed by atoms with Gasteiger partial charge in [-0.15, -0.1) is 0 Å². The Bertz CT molecular complexity index is 311. The van der Waals surface area contributed by atoms with Crippen LogP contribution in [0.25, 0.3) is 0 Å². The van der Waals surface area contributed by atoms with Crippen molar-refractivity contribution in [3.63, 3.8) is 0 Å². The van der Waals surface area contributed by atoms with Gasteiger partial charge < -0.3 is 29.9 Å². The molecule has 0 aliphatic rings. The van der Waals surface area contributed by atoms with Gasteiger partial charge in [-0.3, -0.25) is 19.4 Å². The van der Waals surface area contributed by atoms with Gasteiger partial charge in [0.05, 0.1) is 52.7 Å². The van der Waals surface area contributed by atoms with E-state index in [9.17, 15) is 9.59 Å². The van der Waals surface area contributed by atoms with Gasteiger partial charge in [0.2, 0.25) is 0 Å². The van der Waals surface area contributed by atoms with Crippen molar-refractivity contribution < 1.29 is 39.5 Å². The van der Waals surface area contributed by atoms with E-state index in [2.05, 4.69) is 0 Å². The Balaban J connectivity index is 3.64. The van der Waals surface area contributed by atoms with E-state index in [0.717, 1.165) is 0 Å². The van der Waals surface area contributed by atoms with Gasteiger partial charge >= 0.3 is 11.9 Å². The molecule has 0 amide bonds. The highest BCUT2D eigenvalue weighted by Gasteiger charge is 2.09. The summed E-state index contributed by atoms with van der Waals surface area (Å²) in [5, 5.41) is 35.1. The number of aliphatic hydroxyl groups is 2. The molecule has 142 valence electrons. The summed E-state index contributed by atoms with van der Waals surface area (Å²) < 4.78 is 10.6. The van der Waals surface area contributed by atoms with Crippen molar-refractivity contribution in [1.82, 2.24) is 9.80 Å². The molecule has 0 unspecified atom stereocenters. The second-order valence-corrected chi connectivity index (χ2v) is 5.01. The van der Waals surface area contributed by atoms with E-state index < -0.39 is 11.9 Å².